The molecule has 136 valence electrons. The molecule has 1 aliphatic rings. The number of carbonyl (C=O) groups is 2. The number of allylic oxidation sites excluding steroid dienone is 2. The van der Waals surface area contributed by atoms with Crippen molar-refractivity contribution in [2.24, 2.45) is 0 Å². The van der Waals surface area contributed by atoms with Crippen molar-refractivity contribution in [1.82, 2.24) is 10.4 Å². The highest BCUT2D eigenvalue weighted by molar-refractivity contribution is 8.26. The zero-order valence-corrected chi connectivity index (χ0v) is 16.6. The van der Waals surface area contributed by atoms with E-state index in [1.807, 2.05) is 62.4 Å². The molecule has 0 atom stereocenters. The van der Waals surface area contributed by atoms with E-state index in [1.165, 1.54) is 11.8 Å². The standard InChI is InChI=1S/C21H18N2O2S2/c1-14(12-16-9-4-3-5-10-16)13-18-20(25)23(21(26)27-18)22-19(24)17-11-7-6-8-15(17)2/h3-13H,1-2H3,(H,22,24)/b14-12+,18-13-. The lowest BCUT2D eigenvalue weighted by molar-refractivity contribution is -0.123. The number of nitrogens with one attached hydrogen (secondary N) is 1. The summed E-state index contributed by atoms with van der Waals surface area (Å²) in [6, 6.07) is 17.0. The van der Waals surface area contributed by atoms with Crippen LogP contribution in [0.3, 0.4) is 0 Å². The highest BCUT2D eigenvalue weighted by atomic mass is 32.2. The molecule has 2 amide bonds. The number of hydrogen-bond acceptors (Lipinski definition) is 4. The van der Waals surface area contributed by atoms with Crippen LogP contribution in [0.5, 0.6) is 0 Å². The third-order valence-corrected chi connectivity index (χ3v) is 5.25. The minimum Gasteiger partial charge on any atom is -0.267 e. The second-order valence-electron chi connectivity index (χ2n) is 6.07. The van der Waals surface area contributed by atoms with Gasteiger partial charge in [-0.15, -0.1) is 0 Å². The summed E-state index contributed by atoms with van der Waals surface area (Å²) in [6.07, 6.45) is 3.77. The van der Waals surface area contributed by atoms with Gasteiger partial charge in [0.1, 0.15) is 0 Å². The van der Waals surface area contributed by atoms with Gasteiger partial charge in [-0.2, -0.15) is 5.01 Å². The fourth-order valence-electron chi connectivity index (χ4n) is 2.61. The molecule has 1 N–H and O–H groups in total. The van der Waals surface area contributed by atoms with Crippen LogP contribution in [0, 0.1) is 6.92 Å². The number of nitrogens with zero attached hydrogens (tertiary/aromatic N) is 1. The maximum absolute atomic E-state index is 12.7. The van der Waals surface area contributed by atoms with Gasteiger partial charge in [-0.1, -0.05) is 66.4 Å². The van der Waals surface area contributed by atoms with E-state index >= 15 is 0 Å². The Labute approximate surface area is 167 Å². The van der Waals surface area contributed by atoms with E-state index in [0.717, 1.165) is 21.7 Å². The number of rotatable bonds is 4. The summed E-state index contributed by atoms with van der Waals surface area (Å²) < 4.78 is 0.306. The molecule has 0 spiro atoms. The molecule has 0 aromatic heterocycles. The van der Waals surface area contributed by atoms with Gasteiger partial charge >= 0.3 is 0 Å². The molecule has 2 aromatic carbocycles. The third-order valence-electron chi connectivity index (χ3n) is 3.95. The lowest BCUT2D eigenvalue weighted by Gasteiger charge is -2.16. The molecule has 1 aliphatic heterocycles. The van der Waals surface area contributed by atoms with Crippen LogP contribution >= 0.6 is 24.0 Å². The number of benzene rings is 2. The van der Waals surface area contributed by atoms with Crippen LogP contribution in [0.2, 0.25) is 0 Å². The van der Waals surface area contributed by atoms with Gasteiger partial charge in [0.2, 0.25) is 0 Å². The zero-order valence-electron chi connectivity index (χ0n) is 14.9. The molecule has 2 aromatic rings. The van der Waals surface area contributed by atoms with Gasteiger partial charge in [0.05, 0.1) is 4.91 Å². The highest BCUT2D eigenvalue weighted by Crippen LogP contribution is 2.31. The number of thioether (sulfide) groups is 1. The molecule has 27 heavy (non-hydrogen) atoms. The van der Waals surface area contributed by atoms with Crippen molar-refractivity contribution in [2.75, 3.05) is 0 Å². The van der Waals surface area contributed by atoms with E-state index in [4.69, 9.17) is 12.2 Å². The highest BCUT2D eigenvalue weighted by Gasteiger charge is 2.33. The van der Waals surface area contributed by atoms with Crippen LogP contribution in [0.4, 0.5) is 0 Å². The van der Waals surface area contributed by atoms with E-state index in [0.29, 0.717) is 14.8 Å². The third kappa shape index (κ3) is 4.53. The molecule has 0 radical (unpaired) electrons. The summed E-state index contributed by atoms with van der Waals surface area (Å²) in [7, 11) is 0. The van der Waals surface area contributed by atoms with Gasteiger partial charge in [-0.25, -0.2) is 0 Å². The van der Waals surface area contributed by atoms with Crippen LogP contribution in [-0.4, -0.2) is 21.1 Å². The first-order valence-electron chi connectivity index (χ1n) is 8.33. The van der Waals surface area contributed by atoms with Crippen LogP contribution < -0.4 is 5.43 Å². The lowest BCUT2D eigenvalue weighted by Crippen LogP contribution is -2.45. The maximum Gasteiger partial charge on any atom is 0.285 e. The van der Waals surface area contributed by atoms with Gasteiger partial charge in [0.15, 0.2) is 4.32 Å². The predicted octanol–water partition coefficient (Wildman–Crippen LogP) is 4.49. The molecule has 4 nitrogen and oxygen atoms in total. The summed E-state index contributed by atoms with van der Waals surface area (Å²) in [4.78, 5) is 25.6. The molecule has 0 saturated carbocycles. The second-order valence-corrected chi connectivity index (χ2v) is 7.75. The van der Waals surface area contributed by atoms with E-state index in [-0.39, 0.29) is 11.8 Å². The molecule has 0 bridgehead atoms. The van der Waals surface area contributed by atoms with Crippen molar-refractivity contribution in [3.63, 3.8) is 0 Å². The largest absolute Gasteiger partial charge is 0.285 e. The van der Waals surface area contributed by atoms with Crippen LogP contribution in [0.25, 0.3) is 6.08 Å². The molecular formula is C21H18N2O2S2. The Morgan fingerprint density at radius 2 is 1.78 bits per heavy atom. The minimum atomic E-state index is -0.359. The number of carbonyl (C=O) groups excluding carboxylic acids is 2. The Balaban J connectivity index is 1.76. The summed E-state index contributed by atoms with van der Waals surface area (Å²) >= 11 is 6.45. The molecule has 1 saturated heterocycles. The van der Waals surface area contributed by atoms with E-state index in [1.54, 1.807) is 18.2 Å². The molecule has 1 heterocycles. The summed E-state index contributed by atoms with van der Waals surface area (Å²) in [5.74, 6) is -0.685. The average Bonchev–Trinajstić information content (AvgIpc) is 2.90. The van der Waals surface area contributed by atoms with Gasteiger partial charge in [0.25, 0.3) is 11.8 Å². The van der Waals surface area contributed by atoms with Crippen molar-refractivity contribution in [3.8, 4) is 0 Å². The number of amides is 2. The monoisotopic (exact) mass is 394 g/mol. The molecule has 3 rings (SSSR count). The zero-order chi connectivity index (χ0) is 19.4. The summed E-state index contributed by atoms with van der Waals surface area (Å²) in [5, 5.41) is 1.14. The van der Waals surface area contributed by atoms with Crippen molar-refractivity contribution in [2.45, 2.75) is 13.8 Å². The SMILES string of the molecule is CC(/C=C1\SC(=S)N(NC(=O)c2ccccc2C)C1=O)=C\c1ccccc1. The van der Waals surface area contributed by atoms with E-state index in [9.17, 15) is 9.59 Å². The number of hydrazine groups is 1. The minimum absolute atomic E-state index is 0.306. The van der Waals surface area contributed by atoms with Gasteiger partial charge in [-0.3, -0.25) is 15.0 Å². The lowest BCUT2D eigenvalue weighted by atomic mass is 10.1. The number of thiocarbonyl (C=S) groups is 1. The Bertz CT molecular complexity index is 965. The summed E-state index contributed by atoms with van der Waals surface area (Å²) in [5.41, 5.74) is 5.93. The molecule has 1 fully saturated rings. The topological polar surface area (TPSA) is 49.4 Å². The Hall–Kier alpha value is -2.70. The quantitative estimate of drug-likeness (QED) is 0.613. The maximum atomic E-state index is 12.7. The molecule has 6 heteroatoms. The number of hydrogen-bond donors (Lipinski definition) is 1. The first-order chi connectivity index (χ1) is 13.0. The molecule has 0 unspecified atom stereocenters. The van der Waals surface area contributed by atoms with Gasteiger partial charge in [-0.05, 0) is 54.9 Å². The normalized spacial score (nSPS) is 16.1. The predicted molar refractivity (Wildman–Crippen MR) is 114 cm³/mol. The van der Waals surface area contributed by atoms with Crippen molar-refractivity contribution in [3.05, 3.63) is 87.8 Å². The number of aryl methyl sites for hydroxylation is 1. The summed E-state index contributed by atoms with van der Waals surface area (Å²) in [6.45, 7) is 3.77. The molecule has 0 aliphatic carbocycles. The van der Waals surface area contributed by atoms with Crippen molar-refractivity contribution in [1.29, 1.82) is 0 Å². The van der Waals surface area contributed by atoms with E-state index in [2.05, 4.69) is 5.43 Å². The smallest absolute Gasteiger partial charge is 0.267 e. The first-order valence-corrected chi connectivity index (χ1v) is 9.56. The van der Waals surface area contributed by atoms with Crippen LogP contribution in [0.15, 0.2) is 71.2 Å². The Kier molecular flexibility index (Phi) is 5.88. The average molecular weight is 395 g/mol. The molecular weight excluding hydrogens is 376 g/mol. The fraction of sp³-hybridized carbons (Fsp3) is 0.0952. The van der Waals surface area contributed by atoms with Crippen LogP contribution in [-0.2, 0) is 4.79 Å². The van der Waals surface area contributed by atoms with Crippen molar-refractivity contribution < 1.29 is 9.59 Å². The van der Waals surface area contributed by atoms with Crippen LogP contribution in [0.1, 0.15) is 28.4 Å². The second kappa shape index (κ2) is 8.33. The van der Waals surface area contributed by atoms with E-state index < -0.39 is 0 Å². The van der Waals surface area contributed by atoms with Crippen molar-refractivity contribution >= 4 is 46.2 Å². The first kappa shape index (κ1) is 19.1. The van der Waals surface area contributed by atoms with Gasteiger partial charge < -0.3 is 0 Å². The fourth-order valence-corrected chi connectivity index (χ4v) is 3.84. The van der Waals surface area contributed by atoms with Gasteiger partial charge in [0, 0.05) is 5.56 Å². The Morgan fingerprint density at radius 3 is 2.48 bits per heavy atom. The Morgan fingerprint density at radius 1 is 1.11 bits per heavy atom.